The number of ether oxygens (including phenoxy) is 1. The fourth-order valence-corrected chi connectivity index (χ4v) is 3.76. The number of amides is 1. The Morgan fingerprint density at radius 1 is 1.21 bits per heavy atom. The van der Waals surface area contributed by atoms with Crippen LogP contribution in [0.5, 0.6) is 0 Å². The summed E-state index contributed by atoms with van der Waals surface area (Å²) in [6.45, 7) is 0.141. The van der Waals surface area contributed by atoms with Crippen molar-refractivity contribution >= 4 is 21.1 Å². The summed E-state index contributed by atoms with van der Waals surface area (Å²) >= 11 is 0. The molecule has 0 heterocycles. The van der Waals surface area contributed by atoms with Crippen molar-refractivity contribution in [3.8, 4) is 0 Å². The summed E-state index contributed by atoms with van der Waals surface area (Å²) in [6, 6.07) is 0. The third-order valence-corrected chi connectivity index (χ3v) is 5.46. The predicted molar refractivity (Wildman–Crippen MR) is 108 cm³/mol. The van der Waals surface area contributed by atoms with Gasteiger partial charge in [0.1, 0.15) is 18.2 Å². The van der Waals surface area contributed by atoms with Gasteiger partial charge in [-0.2, -0.15) is 0 Å². The zero-order valence-electron chi connectivity index (χ0n) is 15.5. The van der Waals surface area contributed by atoms with Gasteiger partial charge >= 0.3 is 5.97 Å². The smallest absolute Gasteiger partial charge is 0.332 e. The van der Waals surface area contributed by atoms with E-state index in [0.717, 1.165) is 5.31 Å². The summed E-state index contributed by atoms with van der Waals surface area (Å²) in [5, 5.41) is 12.8. The van der Waals surface area contributed by atoms with Crippen LogP contribution in [-0.4, -0.2) is 23.6 Å². The quantitative estimate of drug-likeness (QED) is 0.652. The Balaban J connectivity index is 1.64. The van der Waals surface area contributed by atoms with Gasteiger partial charge < -0.3 is 15.2 Å². The Morgan fingerprint density at radius 3 is 2.75 bits per heavy atom. The summed E-state index contributed by atoms with van der Waals surface area (Å²) in [4.78, 5) is 23.7. The third-order valence-electron chi connectivity index (χ3n) is 4.88. The molecule has 3 aliphatic carbocycles. The lowest BCUT2D eigenvalue weighted by Crippen LogP contribution is -2.25. The molecule has 1 amide bonds. The second-order valence-electron chi connectivity index (χ2n) is 6.81. The van der Waals surface area contributed by atoms with Gasteiger partial charge in [-0.3, -0.25) is 4.79 Å². The molecule has 0 radical (unpaired) electrons. The molecule has 148 valence electrons. The maximum Gasteiger partial charge on any atom is 0.332 e. The molecule has 28 heavy (non-hydrogen) atoms. The summed E-state index contributed by atoms with van der Waals surface area (Å²) in [6.07, 6.45) is 12.2. The van der Waals surface area contributed by atoms with Crippen molar-refractivity contribution in [1.82, 2.24) is 5.32 Å². The highest BCUT2D eigenvalue weighted by atomic mass is 31.0. The van der Waals surface area contributed by atoms with Gasteiger partial charge in [-0.15, -0.1) is 9.24 Å². The molecule has 5 nitrogen and oxygen atoms in total. The average Bonchev–Trinajstić information content (AvgIpc) is 3.05. The van der Waals surface area contributed by atoms with Crippen LogP contribution in [0.3, 0.4) is 0 Å². The lowest BCUT2D eigenvalue weighted by atomic mass is 10.1. The Kier molecular flexibility index (Phi) is 6.63. The van der Waals surface area contributed by atoms with Crippen molar-refractivity contribution in [2.45, 2.75) is 38.5 Å². The van der Waals surface area contributed by atoms with Crippen LogP contribution in [0.25, 0.3) is 0 Å². The second kappa shape index (κ2) is 9.16. The van der Waals surface area contributed by atoms with Gasteiger partial charge in [0.25, 0.3) is 5.91 Å². The van der Waals surface area contributed by atoms with Gasteiger partial charge in [0, 0.05) is 35.3 Å². The van der Waals surface area contributed by atoms with E-state index in [1.54, 1.807) is 18.2 Å². The number of carboxylic acids is 1. The molecule has 0 aromatic rings. The van der Waals surface area contributed by atoms with E-state index in [9.17, 15) is 19.1 Å². The van der Waals surface area contributed by atoms with Crippen LogP contribution in [0.4, 0.5) is 4.39 Å². The molecule has 7 heteroatoms. The number of carbonyl (C=O) groups excluding carboxylic acids is 1. The molecule has 0 aromatic carbocycles. The van der Waals surface area contributed by atoms with E-state index in [0.29, 0.717) is 61.1 Å². The van der Waals surface area contributed by atoms with Crippen molar-refractivity contribution in [3.63, 3.8) is 0 Å². The van der Waals surface area contributed by atoms with Crippen molar-refractivity contribution in [1.29, 1.82) is 0 Å². The number of nitrogens with one attached hydrogen (secondary N) is 1. The standard InChI is InChI=1S/C21H23FNO4P/c22-18-8-3-9-19(28)17(18)12-27-14-5-1-4-13(10-11-14)23-20(24)15-6-2-7-16(15)21(25)26/h1,5,9-11H,2-4,6-8,12,28H2,(H,23,24)(H,25,26). The number of aliphatic carboxylic acids is 1. The zero-order valence-corrected chi connectivity index (χ0v) is 16.6. The van der Waals surface area contributed by atoms with E-state index in [1.807, 2.05) is 12.2 Å². The van der Waals surface area contributed by atoms with Crippen molar-refractivity contribution < 1.29 is 23.8 Å². The molecule has 0 aliphatic heterocycles. The Hall–Kier alpha value is -2.46. The van der Waals surface area contributed by atoms with E-state index in [1.165, 1.54) is 0 Å². The summed E-state index contributed by atoms with van der Waals surface area (Å²) in [5.74, 6) is -0.966. The van der Waals surface area contributed by atoms with Gasteiger partial charge in [-0.05, 0) is 49.2 Å². The summed E-state index contributed by atoms with van der Waals surface area (Å²) in [7, 11) is 2.54. The molecule has 0 saturated carbocycles. The maximum absolute atomic E-state index is 14.0. The van der Waals surface area contributed by atoms with Crippen molar-refractivity contribution in [2.75, 3.05) is 6.61 Å². The summed E-state index contributed by atoms with van der Waals surface area (Å²) < 4.78 is 19.7. The number of allylic oxidation sites excluding steroid dienone is 6. The van der Waals surface area contributed by atoms with Gasteiger partial charge in [0.15, 0.2) is 0 Å². The van der Waals surface area contributed by atoms with E-state index in [4.69, 9.17) is 4.74 Å². The fraction of sp³-hybridized carbons (Fsp3) is 0.333. The number of rotatable bonds is 6. The number of carboxylic acid groups (broad SMARTS) is 1. The van der Waals surface area contributed by atoms with Crippen molar-refractivity contribution in [2.24, 2.45) is 0 Å². The first kappa shape index (κ1) is 20.3. The lowest BCUT2D eigenvalue weighted by molar-refractivity contribution is -0.133. The Bertz CT molecular complexity index is 877. The number of halogens is 1. The van der Waals surface area contributed by atoms with E-state index < -0.39 is 5.97 Å². The molecule has 3 aliphatic rings. The van der Waals surface area contributed by atoms with Crippen LogP contribution in [0, 0.1) is 0 Å². The number of hydrogen-bond acceptors (Lipinski definition) is 3. The van der Waals surface area contributed by atoms with E-state index in [-0.39, 0.29) is 23.9 Å². The molecule has 0 bridgehead atoms. The van der Waals surface area contributed by atoms with Gasteiger partial charge in [0.05, 0.1) is 0 Å². The van der Waals surface area contributed by atoms with Crippen LogP contribution >= 0.6 is 9.24 Å². The minimum atomic E-state index is -1.03. The van der Waals surface area contributed by atoms with Crippen molar-refractivity contribution in [3.05, 3.63) is 69.7 Å². The van der Waals surface area contributed by atoms with Gasteiger partial charge in [0.2, 0.25) is 0 Å². The molecular formula is C21H23FNO4P. The van der Waals surface area contributed by atoms with Crippen LogP contribution in [0.1, 0.15) is 38.5 Å². The molecule has 0 aromatic heterocycles. The molecule has 0 spiro atoms. The highest BCUT2D eigenvalue weighted by Gasteiger charge is 2.25. The van der Waals surface area contributed by atoms with Crippen LogP contribution in [0.15, 0.2) is 69.7 Å². The number of hydrogen-bond donors (Lipinski definition) is 2. The molecule has 1 atom stereocenters. The fourth-order valence-electron chi connectivity index (χ4n) is 3.35. The largest absolute Gasteiger partial charge is 0.489 e. The topological polar surface area (TPSA) is 75.6 Å². The maximum atomic E-state index is 14.0. The average molecular weight is 403 g/mol. The Morgan fingerprint density at radius 2 is 2.00 bits per heavy atom. The predicted octanol–water partition coefficient (Wildman–Crippen LogP) is 4.19. The zero-order chi connectivity index (χ0) is 20.1. The highest BCUT2D eigenvalue weighted by molar-refractivity contribution is 7.23. The van der Waals surface area contributed by atoms with E-state index in [2.05, 4.69) is 14.6 Å². The normalized spacial score (nSPS) is 19.7. The molecule has 3 rings (SSSR count). The minimum absolute atomic E-state index is 0.141. The highest BCUT2D eigenvalue weighted by Crippen LogP contribution is 2.31. The van der Waals surface area contributed by atoms with Crippen LogP contribution in [-0.2, 0) is 14.3 Å². The van der Waals surface area contributed by atoms with E-state index >= 15 is 0 Å². The second-order valence-corrected chi connectivity index (χ2v) is 7.43. The first-order valence-corrected chi connectivity index (χ1v) is 9.84. The first-order chi connectivity index (χ1) is 13.5. The molecule has 2 N–H and O–H groups in total. The monoisotopic (exact) mass is 403 g/mol. The molecule has 1 unspecified atom stereocenters. The SMILES string of the molecule is O=C(O)C1=C(C(=O)NC2=CC=C(OCC3=C(F)CCC=C3P)C=CC2)CCC1. The molecule has 0 saturated heterocycles. The molecule has 0 fully saturated rings. The molecular weight excluding hydrogens is 380 g/mol. The van der Waals surface area contributed by atoms with Gasteiger partial charge in [-0.1, -0.05) is 12.2 Å². The lowest BCUT2D eigenvalue weighted by Gasteiger charge is -2.15. The Labute approximate surface area is 165 Å². The van der Waals surface area contributed by atoms with Gasteiger partial charge in [-0.25, -0.2) is 9.18 Å². The first-order valence-electron chi connectivity index (χ1n) is 9.26. The van der Waals surface area contributed by atoms with Crippen LogP contribution < -0.4 is 5.32 Å². The summed E-state index contributed by atoms with van der Waals surface area (Å²) in [5.41, 5.74) is 1.76. The minimum Gasteiger partial charge on any atom is -0.489 e. The van der Waals surface area contributed by atoms with Crippen LogP contribution in [0.2, 0.25) is 0 Å². The number of carbonyl (C=O) groups is 2. The third kappa shape index (κ3) is 4.87.